The summed E-state index contributed by atoms with van der Waals surface area (Å²) in [5, 5.41) is 3.94. The van der Waals surface area contributed by atoms with Crippen LogP contribution in [0.5, 0.6) is 0 Å². The second-order valence-electron chi connectivity index (χ2n) is 7.99. The van der Waals surface area contributed by atoms with Crippen LogP contribution in [0, 0.1) is 5.82 Å². The van der Waals surface area contributed by atoms with E-state index in [1.165, 1.54) is 29.1 Å². The molecule has 1 amide bonds. The summed E-state index contributed by atoms with van der Waals surface area (Å²) in [4.78, 5) is 33.7. The van der Waals surface area contributed by atoms with Gasteiger partial charge in [0, 0.05) is 54.3 Å². The summed E-state index contributed by atoms with van der Waals surface area (Å²) in [6.07, 6.45) is 4.30. The first-order chi connectivity index (χ1) is 16.5. The van der Waals surface area contributed by atoms with E-state index in [0.717, 1.165) is 34.4 Å². The Morgan fingerprint density at radius 1 is 1.06 bits per heavy atom. The summed E-state index contributed by atoms with van der Waals surface area (Å²) in [5.41, 5.74) is 3.61. The van der Waals surface area contributed by atoms with Crippen LogP contribution in [0.2, 0.25) is 0 Å². The van der Waals surface area contributed by atoms with Gasteiger partial charge in [-0.2, -0.15) is 0 Å². The molecule has 7 nitrogen and oxygen atoms in total. The minimum absolute atomic E-state index is 0.117. The Hall–Kier alpha value is -3.72. The highest BCUT2D eigenvalue weighted by Gasteiger charge is 2.15. The van der Waals surface area contributed by atoms with Crippen LogP contribution < -0.4 is 10.9 Å². The minimum atomic E-state index is -0.341. The molecule has 0 atom stereocenters. The predicted octanol–water partition coefficient (Wildman–Crippen LogP) is 4.44. The molecular weight excluding hydrogens is 453 g/mol. The van der Waals surface area contributed by atoms with Crippen LogP contribution >= 0.6 is 11.8 Å². The quantitative estimate of drug-likeness (QED) is 0.427. The van der Waals surface area contributed by atoms with Gasteiger partial charge in [-0.05, 0) is 42.8 Å². The van der Waals surface area contributed by atoms with Crippen molar-refractivity contribution in [2.75, 3.05) is 11.1 Å². The van der Waals surface area contributed by atoms with E-state index in [9.17, 15) is 14.0 Å². The summed E-state index contributed by atoms with van der Waals surface area (Å²) in [5.74, 6) is 0.612. The highest BCUT2D eigenvalue weighted by Crippen LogP contribution is 2.29. The Labute approximate surface area is 199 Å². The van der Waals surface area contributed by atoms with Crippen LogP contribution in [0.3, 0.4) is 0 Å². The number of thioether (sulfide) groups is 1. The van der Waals surface area contributed by atoms with Crippen LogP contribution in [0.25, 0.3) is 22.5 Å². The van der Waals surface area contributed by atoms with Crippen molar-refractivity contribution in [3.63, 3.8) is 0 Å². The Morgan fingerprint density at radius 3 is 2.53 bits per heavy atom. The standard InChI is InChI=1S/C25H22FN5O2S/c26-19-7-3-17(4-8-19)21-14-24(33)31(16-27-21)11-1-2-23(32)28-20-9-5-18(6-10-20)22-15-30-12-13-34-25(30)29-22/h3-10,14-16H,1-2,11-13H2,(H,28,32). The maximum atomic E-state index is 13.1. The largest absolute Gasteiger partial charge is 0.326 e. The molecule has 3 heterocycles. The lowest BCUT2D eigenvalue weighted by molar-refractivity contribution is -0.116. The number of amides is 1. The summed E-state index contributed by atoms with van der Waals surface area (Å²) in [6, 6.07) is 14.9. The number of hydrogen-bond acceptors (Lipinski definition) is 5. The Kier molecular flexibility index (Phi) is 6.27. The average molecular weight is 476 g/mol. The van der Waals surface area contributed by atoms with Crippen molar-refractivity contribution in [1.82, 2.24) is 19.1 Å². The van der Waals surface area contributed by atoms with Gasteiger partial charge in [0.2, 0.25) is 5.91 Å². The first kappa shape index (κ1) is 22.1. The van der Waals surface area contributed by atoms with E-state index in [1.54, 1.807) is 23.9 Å². The Morgan fingerprint density at radius 2 is 1.79 bits per heavy atom. The molecular formula is C25H22FN5O2S. The molecule has 1 aliphatic rings. The number of anilines is 1. The highest BCUT2D eigenvalue weighted by molar-refractivity contribution is 7.99. The third kappa shape index (κ3) is 4.94. The van der Waals surface area contributed by atoms with Crippen LogP contribution in [0.1, 0.15) is 12.8 Å². The topological polar surface area (TPSA) is 81.8 Å². The van der Waals surface area contributed by atoms with E-state index in [4.69, 9.17) is 0 Å². The minimum Gasteiger partial charge on any atom is -0.326 e. The molecule has 0 saturated carbocycles. The van der Waals surface area contributed by atoms with Gasteiger partial charge in [-0.1, -0.05) is 23.9 Å². The maximum Gasteiger partial charge on any atom is 0.253 e. The zero-order valence-corrected chi connectivity index (χ0v) is 19.1. The van der Waals surface area contributed by atoms with E-state index in [2.05, 4.69) is 26.0 Å². The zero-order valence-electron chi connectivity index (χ0n) is 18.3. The number of carbonyl (C=O) groups excluding carboxylic acids is 1. The molecule has 0 unspecified atom stereocenters. The number of nitrogens with one attached hydrogen (secondary N) is 1. The molecule has 1 aliphatic heterocycles. The van der Waals surface area contributed by atoms with Crippen molar-refractivity contribution in [1.29, 1.82) is 0 Å². The fourth-order valence-electron chi connectivity index (χ4n) is 3.78. The molecule has 0 bridgehead atoms. The average Bonchev–Trinajstić information content (AvgIpc) is 3.44. The number of hydrogen-bond donors (Lipinski definition) is 1. The molecule has 0 aliphatic carbocycles. The van der Waals surface area contributed by atoms with Crippen LogP contribution in [0.15, 0.2) is 77.1 Å². The molecule has 0 radical (unpaired) electrons. The number of rotatable bonds is 7. The van der Waals surface area contributed by atoms with Crippen LogP contribution in [-0.2, 0) is 17.9 Å². The molecule has 2 aromatic carbocycles. The van der Waals surface area contributed by atoms with Gasteiger partial charge >= 0.3 is 0 Å². The van der Waals surface area contributed by atoms with Gasteiger partial charge in [-0.3, -0.25) is 14.2 Å². The highest BCUT2D eigenvalue weighted by atomic mass is 32.2. The molecule has 1 N–H and O–H groups in total. The molecule has 0 saturated heterocycles. The monoisotopic (exact) mass is 475 g/mol. The fourth-order valence-corrected chi connectivity index (χ4v) is 4.72. The molecule has 0 fully saturated rings. The van der Waals surface area contributed by atoms with Gasteiger partial charge in [0.1, 0.15) is 5.82 Å². The third-order valence-electron chi connectivity index (χ3n) is 5.59. The van der Waals surface area contributed by atoms with E-state index < -0.39 is 0 Å². The van der Waals surface area contributed by atoms with Gasteiger partial charge < -0.3 is 9.88 Å². The van der Waals surface area contributed by atoms with Crippen molar-refractivity contribution in [3.05, 3.63) is 83.3 Å². The number of carbonyl (C=O) groups is 1. The lowest BCUT2D eigenvalue weighted by Gasteiger charge is -2.08. The van der Waals surface area contributed by atoms with E-state index in [1.807, 2.05) is 24.3 Å². The molecule has 4 aromatic rings. The fraction of sp³-hybridized carbons (Fsp3) is 0.200. The molecule has 172 valence electrons. The van der Waals surface area contributed by atoms with Crippen molar-refractivity contribution in [2.24, 2.45) is 0 Å². The summed E-state index contributed by atoms with van der Waals surface area (Å²) >= 11 is 1.76. The number of aryl methyl sites for hydroxylation is 2. The van der Waals surface area contributed by atoms with E-state index in [0.29, 0.717) is 24.2 Å². The van der Waals surface area contributed by atoms with Crippen molar-refractivity contribution >= 4 is 23.4 Å². The number of nitrogens with zero attached hydrogens (tertiary/aromatic N) is 4. The second kappa shape index (κ2) is 9.64. The summed E-state index contributed by atoms with van der Waals surface area (Å²) in [6.45, 7) is 1.37. The zero-order chi connectivity index (χ0) is 23.5. The normalized spacial score (nSPS) is 12.5. The van der Waals surface area contributed by atoms with E-state index >= 15 is 0 Å². The SMILES string of the molecule is O=C(CCCn1cnc(-c2ccc(F)cc2)cc1=O)Nc1ccc(-c2cn3c(n2)SCC3)cc1. The number of halogens is 1. The van der Waals surface area contributed by atoms with Gasteiger partial charge in [0.25, 0.3) is 5.56 Å². The molecule has 9 heteroatoms. The van der Waals surface area contributed by atoms with Gasteiger partial charge in [0.15, 0.2) is 5.16 Å². The molecule has 0 spiro atoms. The van der Waals surface area contributed by atoms with Gasteiger partial charge in [-0.15, -0.1) is 0 Å². The van der Waals surface area contributed by atoms with Gasteiger partial charge in [-0.25, -0.2) is 14.4 Å². The lowest BCUT2D eigenvalue weighted by atomic mass is 10.1. The van der Waals surface area contributed by atoms with E-state index in [-0.39, 0.29) is 23.7 Å². The predicted molar refractivity (Wildman–Crippen MR) is 130 cm³/mol. The summed E-state index contributed by atoms with van der Waals surface area (Å²) < 4.78 is 16.7. The van der Waals surface area contributed by atoms with Crippen molar-refractivity contribution < 1.29 is 9.18 Å². The Balaban J connectivity index is 1.13. The maximum absolute atomic E-state index is 13.1. The van der Waals surface area contributed by atoms with Crippen LogP contribution in [0.4, 0.5) is 10.1 Å². The van der Waals surface area contributed by atoms with Crippen molar-refractivity contribution in [3.8, 4) is 22.5 Å². The Bertz CT molecular complexity index is 1360. The molecule has 2 aromatic heterocycles. The smallest absolute Gasteiger partial charge is 0.253 e. The molecule has 5 rings (SSSR count). The van der Waals surface area contributed by atoms with Gasteiger partial charge in [0.05, 0.1) is 17.7 Å². The first-order valence-electron chi connectivity index (χ1n) is 11.0. The lowest BCUT2D eigenvalue weighted by Crippen LogP contribution is -2.21. The number of fused-ring (bicyclic) bond motifs is 1. The summed E-state index contributed by atoms with van der Waals surface area (Å²) in [7, 11) is 0. The molecule has 34 heavy (non-hydrogen) atoms. The number of benzene rings is 2. The van der Waals surface area contributed by atoms with Crippen LogP contribution in [-0.4, -0.2) is 30.8 Å². The number of aromatic nitrogens is 4. The second-order valence-corrected chi connectivity index (χ2v) is 9.05. The van der Waals surface area contributed by atoms with Crippen molar-refractivity contribution in [2.45, 2.75) is 31.1 Å². The first-order valence-corrected chi connectivity index (χ1v) is 12.0. The number of imidazole rings is 1. The third-order valence-corrected chi connectivity index (χ3v) is 6.56.